The fourth-order valence-electron chi connectivity index (χ4n) is 2.57. The van der Waals surface area contributed by atoms with Crippen LogP contribution in [0, 0.1) is 5.41 Å². The number of thioether (sulfide) groups is 1. The highest BCUT2D eigenvalue weighted by atomic mass is 32.2. The summed E-state index contributed by atoms with van der Waals surface area (Å²) in [5.41, 5.74) is 1.24. The van der Waals surface area contributed by atoms with Gasteiger partial charge >= 0.3 is 0 Å². The van der Waals surface area contributed by atoms with Crippen molar-refractivity contribution >= 4 is 22.7 Å². The van der Waals surface area contributed by atoms with Crippen molar-refractivity contribution < 1.29 is 9.90 Å². The van der Waals surface area contributed by atoms with E-state index < -0.39 is 0 Å². The Bertz CT molecular complexity index is 540. The van der Waals surface area contributed by atoms with Crippen molar-refractivity contribution in [2.24, 2.45) is 10.4 Å². The first kappa shape index (κ1) is 14.6. The van der Waals surface area contributed by atoms with Gasteiger partial charge in [-0.25, -0.2) is 0 Å². The molecule has 5 heteroatoms. The Kier molecular flexibility index (Phi) is 4.31. The van der Waals surface area contributed by atoms with Gasteiger partial charge in [0.05, 0.1) is 5.04 Å². The molecule has 21 heavy (non-hydrogen) atoms. The molecule has 0 aromatic heterocycles. The first-order valence-electron chi connectivity index (χ1n) is 7.37. The summed E-state index contributed by atoms with van der Waals surface area (Å²) in [7, 11) is 0. The van der Waals surface area contributed by atoms with E-state index in [0.29, 0.717) is 12.3 Å². The molecule has 1 amide bonds. The third-order valence-electron chi connectivity index (χ3n) is 4.21. The van der Waals surface area contributed by atoms with Gasteiger partial charge in [-0.1, -0.05) is 30.3 Å². The highest BCUT2D eigenvalue weighted by Gasteiger charge is 2.42. The Morgan fingerprint density at radius 1 is 1.38 bits per heavy atom. The largest absolute Gasteiger partial charge is 0.396 e. The fourth-order valence-corrected chi connectivity index (χ4v) is 3.61. The van der Waals surface area contributed by atoms with Crippen LogP contribution in [0.1, 0.15) is 24.8 Å². The van der Waals surface area contributed by atoms with Crippen LogP contribution in [-0.4, -0.2) is 41.0 Å². The van der Waals surface area contributed by atoms with E-state index in [1.165, 1.54) is 0 Å². The molecule has 1 aromatic rings. The summed E-state index contributed by atoms with van der Waals surface area (Å²) >= 11 is 1.64. The molecule has 1 saturated carbocycles. The molecule has 0 bridgehead atoms. The number of aliphatic hydroxyl groups excluding tert-OH is 1. The van der Waals surface area contributed by atoms with Crippen LogP contribution >= 0.6 is 11.8 Å². The lowest BCUT2D eigenvalue weighted by Gasteiger charge is -2.15. The number of nitrogens with zero attached hydrogens (tertiary/aromatic N) is 1. The van der Waals surface area contributed by atoms with Crippen molar-refractivity contribution in [2.75, 3.05) is 18.9 Å². The molecular formula is C16H20N2O2S. The molecule has 1 aliphatic carbocycles. The first-order valence-corrected chi connectivity index (χ1v) is 8.36. The number of benzene rings is 1. The Morgan fingerprint density at radius 2 is 2.14 bits per heavy atom. The lowest BCUT2D eigenvalue weighted by molar-refractivity contribution is -0.122. The summed E-state index contributed by atoms with van der Waals surface area (Å²) in [6, 6.07) is 9.70. The maximum Gasteiger partial charge on any atom is 0.245 e. The van der Waals surface area contributed by atoms with Crippen LogP contribution < -0.4 is 5.32 Å². The minimum absolute atomic E-state index is 0.0117. The first-order chi connectivity index (χ1) is 10.2. The van der Waals surface area contributed by atoms with Crippen molar-refractivity contribution in [2.45, 2.75) is 25.3 Å². The van der Waals surface area contributed by atoms with Crippen LogP contribution in [0.25, 0.3) is 0 Å². The predicted molar refractivity (Wildman–Crippen MR) is 85.6 cm³/mol. The van der Waals surface area contributed by atoms with E-state index in [1.54, 1.807) is 11.8 Å². The van der Waals surface area contributed by atoms with Crippen LogP contribution in [0.2, 0.25) is 0 Å². The van der Waals surface area contributed by atoms with Crippen molar-refractivity contribution in [3.05, 3.63) is 35.9 Å². The van der Waals surface area contributed by atoms with E-state index in [1.807, 2.05) is 30.3 Å². The summed E-state index contributed by atoms with van der Waals surface area (Å²) < 4.78 is 0. The predicted octanol–water partition coefficient (Wildman–Crippen LogP) is 1.83. The van der Waals surface area contributed by atoms with Gasteiger partial charge < -0.3 is 10.4 Å². The monoisotopic (exact) mass is 304 g/mol. The Labute approximate surface area is 129 Å². The average Bonchev–Trinajstić information content (AvgIpc) is 3.10. The number of hydrogen-bond donors (Lipinski definition) is 2. The van der Waals surface area contributed by atoms with Crippen LogP contribution in [0.5, 0.6) is 0 Å². The smallest absolute Gasteiger partial charge is 0.245 e. The van der Waals surface area contributed by atoms with Gasteiger partial charge in [0.15, 0.2) is 0 Å². The molecule has 112 valence electrons. The number of aliphatic hydroxyl groups is 1. The molecule has 0 radical (unpaired) electrons. The standard InChI is InChI=1S/C16H20N2O2S/c19-9-8-16(6-7-16)11-17-14(20)13-10-21-15(18-13)12-4-2-1-3-5-12/h1-5,13,19H,6-11H2,(H,17,20). The second-order valence-electron chi connectivity index (χ2n) is 5.82. The summed E-state index contributed by atoms with van der Waals surface area (Å²) in [6.45, 7) is 0.870. The molecule has 1 aromatic carbocycles. The molecule has 1 aliphatic heterocycles. The topological polar surface area (TPSA) is 61.7 Å². The van der Waals surface area contributed by atoms with Crippen molar-refractivity contribution in [1.82, 2.24) is 5.32 Å². The lowest BCUT2D eigenvalue weighted by Crippen LogP contribution is -2.37. The summed E-state index contributed by atoms with van der Waals surface area (Å²) in [5, 5.41) is 13.0. The number of amides is 1. The maximum absolute atomic E-state index is 12.2. The number of nitrogens with one attached hydrogen (secondary N) is 1. The Hall–Kier alpha value is -1.33. The average molecular weight is 304 g/mol. The zero-order valence-electron chi connectivity index (χ0n) is 11.9. The number of rotatable bonds is 6. The summed E-state index contributed by atoms with van der Waals surface area (Å²) in [4.78, 5) is 16.8. The normalized spacial score (nSPS) is 22.7. The number of aliphatic imine (C=N–C) groups is 1. The minimum atomic E-state index is -0.282. The molecule has 2 aliphatic rings. The summed E-state index contributed by atoms with van der Waals surface area (Å²) in [6.07, 6.45) is 2.99. The van der Waals surface area contributed by atoms with Crippen LogP contribution in [0.15, 0.2) is 35.3 Å². The molecule has 3 rings (SSSR count). The van der Waals surface area contributed by atoms with E-state index >= 15 is 0 Å². The number of carbonyl (C=O) groups is 1. The molecular weight excluding hydrogens is 284 g/mol. The van der Waals surface area contributed by atoms with E-state index in [-0.39, 0.29) is 24.0 Å². The molecule has 0 saturated heterocycles. The highest BCUT2D eigenvalue weighted by Crippen LogP contribution is 2.47. The van der Waals surface area contributed by atoms with E-state index in [2.05, 4.69) is 10.3 Å². The van der Waals surface area contributed by atoms with Gasteiger partial charge in [-0.3, -0.25) is 9.79 Å². The van der Waals surface area contributed by atoms with Crippen molar-refractivity contribution in [1.29, 1.82) is 0 Å². The van der Waals surface area contributed by atoms with E-state index in [0.717, 1.165) is 29.9 Å². The van der Waals surface area contributed by atoms with Gasteiger partial charge in [0, 0.05) is 24.5 Å². The fraction of sp³-hybridized carbons (Fsp3) is 0.500. The highest BCUT2D eigenvalue weighted by molar-refractivity contribution is 8.14. The Balaban J connectivity index is 1.56. The molecule has 1 unspecified atom stereocenters. The maximum atomic E-state index is 12.2. The van der Waals surface area contributed by atoms with Gasteiger partial charge in [-0.05, 0) is 24.7 Å². The van der Waals surface area contributed by atoms with Gasteiger partial charge in [-0.15, -0.1) is 11.8 Å². The minimum Gasteiger partial charge on any atom is -0.396 e. The van der Waals surface area contributed by atoms with Gasteiger partial charge in [0.25, 0.3) is 0 Å². The van der Waals surface area contributed by atoms with Crippen LogP contribution in [0.4, 0.5) is 0 Å². The number of carbonyl (C=O) groups excluding carboxylic acids is 1. The summed E-state index contributed by atoms with van der Waals surface area (Å²) in [5.74, 6) is 0.723. The quantitative estimate of drug-likeness (QED) is 0.843. The van der Waals surface area contributed by atoms with Crippen LogP contribution in [0.3, 0.4) is 0 Å². The van der Waals surface area contributed by atoms with Gasteiger partial charge in [-0.2, -0.15) is 0 Å². The zero-order chi connectivity index (χ0) is 14.7. The second-order valence-corrected chi connectivity index (χ2v) is 6.83. The third-order valence-corrected chi connectivity index (χ3v) is 5.31. The number of hydrogen-bond acceptors (Lipinski definition) is 4. The molecule has 4 nitrogen and oxygen atoms in total. The van der Waals surface area contributed by atoms with Gasteiger partial charge in [0.2, 0.25) is 5.91 Å². The third kappa shape index (κ3) is 3.47. The SMILES string of the molecule is O=C(NCC1(CCO)CC1)C1CSC(c2ccccc2)=N1. The molecule has 1 atom stereocenters. The zero-order valence-corrected chi connectivity index (χ0v) is 12.7. The van der Waals surface area contributed by atoms with Crippen LogP contribution in [-0.2, 0) is 4.79 Å². The molecule has 0 spiro atoms. The molecule has 1 heterocycles. The van der Waals surface area contributed by atoms with Crippen molar-refractivity contribution in [3.63, 3.8) is 0 Å². The lowest BCUT2D eigenvalue weighted by atomic mass is 10.0. The molecule has 1 fully saturated rings. The van der Waals surface area contributed by atoms with Crippen molar-refractivity contribution in [3.8, 4) is 0 Å². The molecule has 2 N–H and O–H groups in total. The van der Waals surface area contributed by atoms with E-state index in [9.17, 15) is 4.79 Å². The van der Waals surface area contributed by atoms with Gasteiger partial charge in [0.1, 0.15) is 6.04 Å². The Morgan fingerprint density at radius 3 is 2.81 bits per heavy atom. The second kappa shape index (κ2) is 6.20. The van der Waals surface area contributed by atoms with E-state index in [4.69, 9.17) is 5.11 Å².